The van der Waals surface area contributed by atoms with E-state index in [1.165, 1.54) is 17.5 Å². The molecule has 0 saturated carbocycles. The fourth-order valence-electron chi connectivity index (χ4n) is 2.63. The van der Waals surface area contributed by atoms with Gasteiger partial charge in [0.2, 0.25) is 10.0 Å². The van der Waals surface area contributed by atoms with Crippen LogP contribution in [-0.4, -0.2) is 51.7 Å². The maximum Gasteiger partial charge on any atom is 0.211 e. The van der Waals surface area contributed by atoms with Crippen molar-refractivity contribution in [3.8, 4) is 0 Å². The van der Waals surface area contributed by atoms with Gasteiger partial charge >= 0.3 is 0 Å². The second-order valence-electron chi connectivity index (χ2n) is 5.45. The lowest BCUT2D eigenvalue weighted by Gasteiger charge is -2.35. The molecular weight excluding hydrogens is 286 g/mol. The van der Waals surface area contributed by atoms with E-state index < -0.39 is 10.0 Å². The number of nitrogens with one attached hydrogen (secondary N) is 1. The third-order valence-electron chi connectivity index (χ3n) is 3.78. The Kier molecular flexibility index (Phi) is 5.61. The summed E-state index contributed by atoms with van der Waals surface area (Å²) >= 11 is 0. The molecule has 0 radical (unpaired) electrons. The molecule has 0 aliphatic carbocycles. The molecule has 5 nitrogen and oxygen atoms in total. The highest BCUT2D eigenvalue weighted by Gasteiger charge is 2.24. The van der Waals surface area contributed by atoms with Gasteiger partial charge in [0.1, 0.15) is 0 Å². The molecule has 0 bridgehead atoms. The van der Waals surface area contributed by atoms with Gasteiger partial charge < -0.3 is 10.2 Å². The zero-order valence-electron chi connectivity index (χ0n) is 12.9. The van der Waals surface area contributed by atoms with Gasteiger partial charge in [-0.15, -0.1) is 0 Å². The molecule has 0 atom stereocenters. The summed E-state index contributed by atoms with van der Waals surface area (Å²) in [5.41, 5.74) is 2.49. The molecule has 1 N–H and O–H groups in total. The van der Waals surface area contributed by atoms with E-state index in [0.717, 1.165) is 32.6 Å². The third-order valence-corrected chi connectivity index (χ3v) is 5.09. The van der Waals surface area contributed by atoms with Crippen molar-refractivity contribution in [3.63, 3.8) is 0 Å². The zero-order valence-corrected chi connectivity index (χ0v) is 13.7. The minimum atomic E-state index is -3.06. The lowest BCUT2D eigenvalue weighted by molar-refractivity contribution is 0.387. The quantitative estimate of drug-likeness (QED) is 0.804. The van der Waals surface area contributed by atoms with Crippen LogP contribution in [0.3, 0.4) is 0 Å². The molecule has 21 heavy (non-hydrogen) atoms. The predicted octanol–water partition coefficient (Wildman–Crippen LogP) is 1.27. The molecule has 1 aliphatic heterocycles. The number of rotatable bonds is 6. The molecule has 1 heterocycles. The van der Waals surface area contributed by atoms with E-state index in [9.17, 15) is 8.42 Å². The van der Waals surface area contributed by atoms with Crippen molar-refractivity contribution in [3.05, 3.63) is 29.8 Å². The van der Waals surface area contributed by atoms with E-state index in [1.54, 1.807) is 4.31 Å². The van der Waals surface area contributed by atoms with Gasteiger partial charge in [-0.3, -0.25) is 0 Å². The molecule has 0 aromatic heterocycles. The highest BCUT2D eigenvalue weighted by atomic mass is 32.2. The van der Waals surface area contributed by atoms with E-state index in [-0.39, 0.29) is 0 Å². The fourth-order valence-corrected chi connectivity index (χ4v) is 3.46. The number of para-hydroxylation sites is 1. The molecule has 1 aliphatic rings. The van der Waals surface area contributed by atoms with Crippen molar-refractivity contribution in [2.75, 3.05) is 43.9 Å². The Hall–Kier alpha value is -1.11. The lowest BCUT2D eigenvalue weighted by atomic mass is 10.1. The van der Waals surface area contributed by atoms with E-state index in [4.69, 9.17) is 0 Å². The Labute approximate surface area is 128 Å². The maximum atomic E-state index is 11.6. The molecule has 1 fully saturated rings. The largest absolute Gasteiger partial charge is 0.369 e. The first-order valence-corrected chi connectivity index (χ1v) is 9.36. The van der Waals surface area contributed by atoms with Gasteiger partial charge in [-0.2, -0.15) is 4.31 Å². The monoisotopic (exact) mass is 311 g/mol. The van der Waals surface area contributed by atoms with Crippen LogP contribution in [0.4, 0.5) is 5.69 Å². The first-order valence-electron chi connectivity index (χ1n) is 7.51. The van der Waals surface area contributed by atoms with Crippen molar-refractivity contribution < 1.29 is 8.42 Å². The lowest BCUT2D eigenvalue weighted by Crippen LogP contribution is -2.48. The molecule has 118 valence electrons. The number of hydrogen-bond acceptors (Lipinski definition) is 4. The number of piperazine rings is 1. The highest BCUT2D eigenvalue weighted by Crippen LogP contribution is 2.22. The minimum Gasteiger partial charge on any atom is -0.369 e. The molecule has 1 saturated heterocycles. The van der Waals surface area contributed by atoms with Crippen molar-refractivity contribution >= 4 is 15.7 Å². The predicted molar refractivity (Wildman–Crippen MR) is 87.1 cm³/mol. The first kappa shape index (κ1) is 16.3. The Bertz CT molecular complexity index is 552. The Morgan fingerprint density at radius 3 is 2.43 bits per heavy atom. The van der Waals surface area contributed by atoms with Crippen LogP contribution in [0.2, 0.25) is 0 Å². The SMILES string of the molecule is CCCNCc1ccccc1N1CCN(S(C)(=O)=O)CC1. The van der Waals surface area contributed by atoms with Crippen LogP contribution in [0.5, 0.6) is 0 Å². The van der Waals surface area contributed by atoms with Gasteiger partial charge in [0.05, 0.1) is 6.26 Å². The van der Waals surface area contributed by atoms with Gasteiger partial charge in [-0.1, -0.05) is 25.1 Å². The number of benzene rings is 1. The van der Waals surface area contributed by atoms with Gasteiger partial charge in [-0.25, -0.2) is 8.42 Å². The second kappa shape index (κ2) is 7.24. The average molecular weight is 311 g/mol. The summed E-state index contributed by atoms with van der Waals surface area (Å²) in [5.74, 6) is 0. The van der Waals surface area contributed by atoms with Gasteiger partial charge in [0.15, 0.2) is 0 Å². The number of hydrogen-bond donors (Lipinski definition) is 1. The normalized spacial score (nSPS) is 17.1. The van der Waals surface area contributed by atoms with Gasteiger partial charge in [0.25, 0.3) is 0 Å². The van der Waals surface area contributed by atoms with E-state index in [0.29, 0.717) is 13.1 Å². The van der Waals surface area contributed by atoms with E-state index in [1.807, 2.05) is 6.07 Å². The third kappa shape index (κ3) is 4.43. The van der Waals surface area contributed by atoms with Gasteiger partial charge in [-0.05, 0) is 24.6 Å². The topological polar surface area (TPSA) is 52.6 Å². The molecule has 0 unspecified atom stereocenters. The average Bonchev–Trinajstić information content (AvgIpc) is 2.47. The van der Waals surface area contributed by atoms with Crippen molar-refractivity contribution in [1.82, 2.24) is 9.62 Å². The van der Waals surface area contributed by atoms with Crippen LogP contribution in [0.1, 0.15) is 18.9 Å². The summed E-state index contributed by atoms with van der Waals surface area (Å²) in [7, 11) is -3.06. The summed E-state index contributed by atoms with van der Waals surface area (Å²) in [6.45, 7) is 6.65. The number of anilines is 1. The Balaban J connectivity index is 2.03. The van der Waals surface area contributed by atoms with Crippen LogP contribution in [0, 0.1) is 0 Å². The van der Waals surface area contributed by atoms with Crippen LogP contribution < -0.4 is 10.2 Å². The second-order valence-corrected chi connectivity index (χ2v) is 7.44. The van der Waals surface area contributed by atoms with Crippen LogP contribution in [0.15, 0.2) is 24.3 Å². The van der Waals surface area contributed by atoms with Crippen molar-refractivity contribution in [1.29, 1.82) is 0 Å². The minimum absolute atomic E-state index is 0.565. The van der Waals surface area contributed by atoms with E-state index in [2.05, 4.69) is 35.3 Å². The number of nitrogens with zero attached hydrogens (tertiary/aromatic N) is 2. The molecule has 1 aromatic carbocycles. The highest BCUT2D eigenvalue weighted by molar-refractivity contribution is 7.88. The summed E-state index contributed by atoms with van der Waals surface area (Å²) in [6, 6.07) is 8.36. The van der Waals surface area contributed by atoms with Gasteiger partial charge in [0, 0.05) is 38.4 Å². The summed E-state index contributed by atoms with van der Waals surface area (Å²) in [5, 5.41) is 3.43. The first-order chi connectivity index (χ1) is 10.0. The Morgan fingerprint density at radius 1 is 1.14 bits per heavy atom. The molecular formula is C15H25N3O2S. The van der Waals surface area contributed by atoms with Crippen LogP contribution in [0.25, 0.3) is 0 Å². The Morgan fingerprint density at radius 2 is 1.81 bits per heavy atom. The van der Waals surface area contributed by atoms with Crippen molar-refractivity contribution in [2.45, 2.75) is 19.9 Å². The standard InChI is InChI=1S/C15H25N3O2S/c1-3-8-16-13-14-6-4-5-7-15(14)17-9-11-18(12-10-17)21(2,19)20/h4-7,16H,3,8-13H2,1-2H3. The molecule has 0 amide bonds. The van der Waals surface area contributed by atoms with Crippen LogP contribution in [-0.2, 0) is 16.6 Å². The maximum absolute atomic E-state index is 11.6. The van der Waals surface area contributed by atoms with E-state index >= 15 is 0 Å². The smallest absolute Gasteiger partial charge is 0.211 e. The van der Waals surface area contributed by atoms with Crippen LogP contribution >= 0.6 is 0 Å². The molecule has 0 spiro atoms. The molecule has 6 heteroatoms. The molecule has 1 aromatic rings. The number of sulfonamides is 1. The summed E-state index contributed by atoms with van der Waals surface area (Å²) in [6.07, 6.45) is 2.40. The molecule has 2 rings (SSSR count). The summed E-state index contributed by atoms with van der Waals surface area (Å²) < 4.78 is 24.7. The fraction of sp³-hybridized carbons (Fsp3) is 0.600. The summed E-state index contributed by atoms with van der Waals surface area (Å²) in [4.78, 5) is 2.28. The zero-order chi connectivity index (χ0) is 15.3. The van der Waals surface area contributed by atoms with Crippen molar-refractivity contribution in [2.24, 2.45) is 0 Å².